The Morgan fingerprint density at radius 3 is 2.22 bits per heavy atom. The number of amides is 3. The third-order valence-electron chi connectivity index (χ3n) is 4.92. The van der Waals surface area contributed by atoms with E-state index in [-0.39, 0.29) is 19.6 Å². The number of benzene rings is 1. The molecule has 1 aromatic carbocycles. The molecule has 0 spiro atoms. The normalized spacial score (nSPS) is 15.4. The first kappa shape index (κ1) is 23.5. The van der Waals surface area contributed by atoms with Crippen LogP contribution in [0.2, 0.25) is 0 Å². The van der Waals surface area contributed by atoms with Crippen molar-refractivity contribution in [2.75, 3.05) is 13.1 Å². The average molecular weight is 448 g/mol. The Hall–Kier alpha value is -3.20. The fourth-order valence-corrected chi connectivity index (χ4v) is 3.25. The van der Waals surface area contributed by atoms with Gasteiger partial charge in [0, 0.05) is 6.20 Å². The third kappa shape index (κ3) is 5.34. The Morgan fingerprint density at radius 2 is 1.66 bits per heavy atom. The van der Waals surface area contributed by atoms with Crippen LogP contribution in [0.4, 0.5) is 22.8 Å². The van der Waals surface area contributed by atoms with Gasteiger partial charge in [0.25, 0.3) is 0 Å². The van der Waals surface area contributed by atoms with E-state index in [0.29, 0.717) is 16.8 Å². The van der Waals surface area contributed by atoms with Crippen LogP contribution >= 0.6 is 0 Å². The summed E-state index contributed by atoms with van der Waals surface area (Å²) in [6.07, 6.45) is -0.000237. The van der Waals surface area contributed by atoms with Gasteiger partial charge in [-0.05, 0) is 68.3 Å². The van der Waals surface area contributed by atoms with E-state index < -0.39 is 33.9 Å². The quantitative estimate of drug-likeness (QED) is 0.511. The fraction of sp³-hybridized carbons (Fsp3) is 0.348. The van der Waals surface area contributed by atoms with E-state index in [1.165, 1.54) is 18.3 Å². The Labute approximate surface area is 184 Å². The van der Waals surface area contributed by atoms with Crippen LogP contribution in [0, 0.1) is 0 Å². The largest absolute Gasteiger partial charge is 0.526 e. The summed E-state index contributed by atoms with van der Waals surface area (Å²) in [4.78, 5) is 29.9. The topological polar surface area (TPSA) is 68.3 Å². The molecule has 0 bridgehead atoms. The van der Waals surface area contributed by atoms with Gasteiger partial charge in [-0.1, -0.05) is 12.1 Å². The zero-order valence-corrected chi connectivity index (χ0v) is 18.1. The molecule has 3 amide bonds. The molecule has 2 aromatic rings. The zero-order chi connectivity index (χ0) is 23.6. The van der Waals surface area contributed by atoms with Crippen LogP contribution in [0.15, 0.2) is 54.7 Å². The molecular weight excluding hydrogens is 423 g/mol. The molecule has 1 aromatic heterocycles. The van der Waals surface area contributed by atoms with Crippen LogP contribution in [0.3, 0.4) is 0 Å². The molecule has 1 N–H and O–H groups in total. The lowest BCUT2D eigenvalue weighted by molar-refractivity contribution is -0.760. The number of ether oxygens (including phenoxy) is 1. The first-order valence-electron chi connectivity index (χ1n) is 10.1. The van der Waals surface area contributed by atoms with Crippen LogP contribution in [-0.4, -0.2) is 40.3 Å². The number of quaternary nitrogens is 1. The highest BCUT2D eigenvalue weighted by Crippen LogP contribution is 2.31. The lowest BCUT2D eigenvalue weighted by Gasteiger charge is -2.30. The fourth-order valence-electron chi connectivity index (χ4n) is 3.25. The number of rotatable bonds is 3. The van der Waals surface area contributed by atoms with Crippen molar-refractivity contribution < 1.29 is 32.0 Å². The molecule has 0 saturated carbocycles. The summed E-state index contributed by atoms with van der Waals surface area (Å²) in [7, 11) is 0. The molecule has 0 aliphatic carbocycles. The number of imide groups is 1. The Morgan fingerprint density at radius 1 is 1.03 bits per heavy atom. The van der Waals surface area contributed by atoms with Gasteiger partial charge in [-0.15, -0.1) is 4.48 Å². The molecule has 0 unspecified atom stereocenters. The molecular formula is C23H25F3N3O3+. The van der Waals surface area contributed by atoms with Gasteiger partial charge in [-0.25, -0.2) is 4.79 Å². The van der Waals surface area contributed by atoms with Crippen molar-refractivity contribution in [3.63, 3.8) is 0 Å². The molecule has 3 rings (SSSR count). The van der Waals surface area contributed by atoms with Crippen molar-refractivity contribution >= 4 is 12.1 Å². The number of urea groups is 1. The molecule has 6 nitrogen and oxygen atoms in total. The van der Waals surface area contributed by atoms with Crippen molar-refractivity contribution in [3.05, 3.63) is 66.0 Å². The van der Waals surface area contributed by atoms with E-state index in [9.17, 15) is 22.8 Å². The second-order valence-corrected chi connectivity index (χ2v) is 8.55. The van der Waals surface area contributed by atoms with Gasteiger partial charge in [0.1, 0.15) is 18.7 Å². The van der Waals surface area contributed by atoms with Crippen molar-refractivity contribution in [3.8, 4) is 11.1 Å². The lowest BCUT2D eigenvalue weighted by atomic mass is 10.0. The number of carbonyl (C=O) groups is 2. The SMILES string of the molecule is CC(C)(C)OC(=O)[N+]1(C(=O)NCc2cc(-c3ccc(C(F)(F)F)cc3)ccn2)CC=CC1. The predicted octanol–water partition coefficient (Wildman–Crippen LogP) is 5.30. The van der Waals surface area contributed by atoms with Gasteiger partial charge in [0.2, 0.25) is 0 Å². The molecule has 1 aliphatic rings. The minimum Gasteiger partial charge on any atom is -0.414 e. The van der Waals surface area contributed by atoms with E-state index in [2.05, 4.69) is 10.3 Å². The molecule has 2 heterocycles. The number of hydrogen-bond acceptors (Lipinski definition) is 4. The van der Waals surface area contributed by atoms with E-state index in [1.807, 2.05) is 0 Å². The van der Waals surface area contributed by atoms with E-state index in [0.717, 1.165) is 12.1 Å². The van der Waals surface area contributed by atoms with Crippen LogP contribution in [0.25, 0.3) is 11.1 Å². The number of nitrogens with one attached hydrogen (secondary N) is 1. The molecule has 1 aliphatic heterocycles. The number of aromatic nitrogens is 1. The standard InChI is InChI=1S/C23H24F3N3O3/c1-22(2,3)32-21(31)29(12-4-5-13-29)20(30)28-15-19-14-17(10-11-27-19)16-6-8-18(9-7-16)23(24,25)26/h4-11,14H,12-13,15H2,1-3H3/p+1. The summed E-state index contributed by atoms with van der Waals surface area (Å²) in [5, 5.41) is 2.74. The van der Waals surface area contributed by atoms with Gasteiger partial charge in [-0.2, -0.15) is 18.0 Å². The summed E-state index contributed by atoms with van der Waals surface area (Å²) in [5.41, 5.74) is 0.303. The van der Waals surface area contributed by atoms with Gasteiger partial charge >= 0.3 is 18.3 Å². The number of pyridine rings is 1. The maximum atomic E-state index is 12.9. The molecule has 0 saturated heterocycles. The molecule has 0 atom stereocenters. The number of alkyl halides is 3. The van der Waals surface area contributed by atoms with Gasteiger partial charge in [0.15, 0.2) is 0 Å². The Balaban J connectivity index is 1.71. The second-order valence-electron chi connectivity index (χ2n) is 8.55. The molecule has 9 heteroatoms. The van der Waals surface area contributed by atoms with Crippen LogP contribution in [-0.2, 0) is 17.5 Å². The smallest absolute Gasteiger partial charge is 0.414 e. The van der Waals surface area contributed by atoms with E-state index >= 15 is 0 Å². The first-order valence-corrected chi connectivity index (χ1v) is 10.1. The highest BCUT2D eigenvalue weighted by atomic mass is 19.4. The minimum absolute atomic E-state index is 0.0517. The number of carbonyl (C=O) groups excluding carboxylic acids is 2. The summed E-state index contributed by atoms with van der Waals surface area (Å²) >= 11 is 0. The van der Waals surface area contributed by atoms with Gasteiger partial charge in [-0.3, -0.25) is 10.3 Å². The number of halogens is 3. The maximum Gasteiger partial charge on any atom is 0.526 e. The van der Waals surface area contributed by atoms with Crippen molar-refractivity contribution in [2.45, 2.75) is 39.1 Å². The van der Waals surface area contributed by atoms with Crippen LogP contribution in [0.5, 0.6) is 0 Å². The number of hydrogen-bond donors (Lipinski definition) is 1. The molecule has 170 valence electrons. The lowest BCUT2D eigenvalue weighted by Crippen LogP contribution is -2.60. The van der Waals surface area contributed by atoms with Crippen molar-refractivity contribution in [2.24, 2.45) is 0 Å². The Bertz CT molecular complexity index is 1020. The average Bonchev–Trinajstić information content (AvgIpc) is 3.22. The molecule has 0 fully saturated rings. The zero-order valence-electron chi connectivity index (χ0n) is 18.1. The van der Waals surface area contributed by atoms with Gasteiger partial charge in [0.05, 0.1) is 17.8 Å². The predicted molar refractivity (Wildman–Crippen MR) is 112 cm³/mol. The van der Waals surface area contributed by atoms with Crippen LogP contribution in [0.1, 0.15) is 32.0 Å². The molecule has 32 heavy (non-hydrogen) atoms. The van der Waals surface area contributed by atoms with Crippen molar-refractivity contribution in [1.29, 1.82) is 0 Å². The summed E-state index contributed by atoms with van der Waals surface area (Å²) in [5.74, 6) is 0. The van der Waals surface area contributed by atoms with Crippen molar-refractivity contribution in [1.82, 2.24) is 10.3 Å². The Kier molecular flexibility index (Phi) is 6.41. The van der Waals surface area contributed by atoms with Gasteiger partial charge < -0.3 is 4.74 Å². The monoisotopic (exact) mass is 448 g/mol. The van der Waals surface area contributed by atoms with E-state index in [4.69, 9.17) is 4.74 Å². The summed E-state index contributed by atoms with van der Waals surface area (Å²) in [6.45, 7) is 5.65. The highest BCUT2D eigenvalue weighted by Gasteiger charge is 2.48. The highest BCUT2D eigenvalue weighted by molar-refractivity contribution is 5.80. The third-order valence-corrected chi connectivity index (χ3v) is 4.92. The number of nitrogens with zero attached hydrogens (tertiary/aromatic N) is 2. The summed E-state index contributed by atoms with van der Waals surface area (Å²) in [6, 6.07) is 7.67. The molecule has 0 radical (unpaired) electrons. The first-order chi connectivity index (χ1) is 14.9. The summed E-state index contributed by atoms with van der Waals surface area (Å²) < 4.78 is 43.3. The maximum absolute atomic E-state index is 12.9. The van der Waals surface area contributed by atoms with E-state index in [1.54, 1.807) is 45.1 Å². The minimum atomic E-state index is -4.40. The second kappa shape index (κ2) is 8.74. The van der Waals surface area contributed by atoms with Crippen LogP contribution < -0.4 is 5.32 Å².